The molecule has 0 aliphatic carbocycles. The van der Waals surface area contributed by atoms with Crippen LogP contribution < -0.4 is 21.5 Å². The van der Waals surface area contributed by atoms with Crippen LogP contribution in [-0.2, 0) is 11.9 Å². The highest BCUT2D eigenvalue weighted by Crippen LogP contribution is 2.35. The number of aromatic nitrogens is 3. The molecule has 0 atom stereocenters. The molecule has 3 N–H and O–H groups in total. The van der Waals surface area contributed by atoms with E-state index in [9.17, 15) is 18.0 Å². The molecule has 3 aromatic rings. The van der Waals surface area contributed by atoms with Crippen molar-refractivity contribution in [2.45, 2.75) is 17.1 Å². The van der Waals surface area contributed by atoms with Gasteiger partial charge in [0.15, 0.2) is 0 Å². The summed E-state index contributed by atoms with van der Waals surface area (Å²) >= 11 is 1.17. The first kappa shape index (κ1) is 20.5. The van der Waals surface area contributed by atoms with Crippen LogP contribution in [-0.4, -0.2) is 22.0 Å². The summed E-state index contributed by atoms with van der Waals surface area (Å²) in [6.45, 7) is 0. The Kier molecular flexibility index (Phi) is 5.97. The zero-order chi connectivity index (χ0) is 21.0. The zero-order valence-electron chi connectivity index (χ0n) is 15.1. The molecule has 0 saturated heterocycles. The molecule has 3 rings (SSSR count). The third-order valence-corrected chi connectivity index (χ3v) is 4.89. The van der Waals surface area contributed by atoms with Crippen LogP contribution in [0.1, 0.15) is 11.1 Å². The van der Waals surface area contributed by atoms with Crippen LogP contribution in [0.3, 0.4) is 0 Å². The number of nitrogen functional groups attached to an aromatic ring is 1. The Morgan fingerprint density at radius 1 is 1.14 bits per heavy atom. The van der Waals surface area contributed by atoms with Crippen LogP contribution in [0.25, 0.3) is 0 Å². The molecule has 0 saturated carbocycles. The highest BCUT2D eigenvalue weighted by atomic mass is 32.2. The molecular weight excluding hydrogens is 407 g/mol. The van der Waals surface area contributed by atoms with Crippen LogP contribution in [0.2, 0.25) is 0 Å². The van der Waals surface area contributed by atoms with Gasteiger partial charge in [0.2, 0.25) is 11.0 Å². The Hall–Kier alpha value is -3.21. The summed E-state index contributed by atoms with van der Waals surface area (Å²) in [7, 11) is 1.56. The molecule has 152 valence electrons. The van der Waals surface area contributed by atoms with Crippen molar-refractivity contribution in [3.63, 3.8) is 0 Å². The van der Waals surface area contributed by atoms with Crippen LogP contribution in [0.15, 0.2) is 58.5 Å². The smallest absolute Gasteiger partial charge is 0.418 e. The summed E-state index contributed by atoms with van der Waals surface area (Å²) in [5.41, 5.74) is -1.10. The van der Waals surface area contributed by atoms with Gasteiger partial charge in [0.1, 0.15) is 5.75 Å². The molecule has 0 aliphatic heterocycles. The molecule has 29 heavy (non-hydrogen) atoms. The number of para-hydroxylation sites is 1. The van der Waals surface area contributed by atoms with E-state index in [1.54, 1.807) is 19.2 Å². The van der Waals surface area contributed by atoms with Gasteiger partial charge in [0.05, 0.1) is 18.4 Å². The number of thioether (sulfide) groups is 1. The zero-order valence-corrected chi connectivity index (χ0v) is 15.9. The second-order valence-electron chi connectivity index (χ2n) is 5.81. The molecule has 11 heteroatoms. The van der Waals surface area contributed by atoms with Gasteiger partial charge in [-0.25, -0.2) is 0 Å². The molecule has 0 amide bonds. The Morgan fingerprint density at radius 2 is 1.83 bits per heavy atom. The van der Waals surface area contributed by atoms with Gasteiger partial charge in [-0.2, -0.15) is 17.8 Å². The van der Waals surface area contributed by atoms with Gasteiger partial charge in [-0.05, 0) is 29.8 Å². The Balaban J connectivity index is 1.79. The predicted octanol–water partition coefficient (Wildman–Crippen LogP) is 3.42. The fourth-order valence-electron chi connectivity index (χ4n) is 2.40. The molecule has 0 spiro atoms. The number of hydrogen-bond acceptors (Lipinski definition) is 7. The van der Waals surface area contributed by atoms with Gasteiger partial charge >= 0.3 is 11.7 Å². The van der Waals surface area contributed by atoms with Crippen LogP contribution in [0.5, 0.6) is 5.75 Å². The Bertz CT molecular complexity index is 1050. The largest absolute Gasteiger partial charge is 0.497 e. The summed E-state index contributed by atoms with van der Waals surface area (Å²) in [6, 6.07) is 12.0. The maximum Gasteiger partial charge on any atom is 0.418 e. The number of anilines is 2. The molecule has 1 heterocycles. The number of rotatable bonds is 6. The van der Waals surface area contributed by atoms with Crippen molar-refractivity contribution in [2.75, 3.05) is 18.3 Å². The van der Waals surface area contributed by atoms with Crippen molar-refractivity contribution in [1.29, 1.82) is 0 Å². The Morgan fingerprint density at radius 3 is 2.48 bits per heavy atom. The van der Waals surface area contributed by atoms with E-state index in [1.807, 2.05) is 12.1 Å². The third-order valence-electron chi connectivity index (χ3n) is 3.88. The molecule has 0 fully saturated rings. The first-order valence-corrected chi connectivity index (χ1v) is 9.22. The number of ether oxygens (including phenoxy) is 1. The van der Waals surface area contributed by atoms with Gasteiger partial charge < -0.3 is 15.9 Å². The van der Waals surface area contributed by atoms with Gasteiger partial charge in [-0.3, -0.25) is 4.79 Å². The van der Waals surface area contributed by atoms with Crippen molar-refractivity contribution in [1.82, 2.24) is 14.9 Å². The second-order valence-corrected chi connectivity index (χ2v) is 6.75. The predicted molar refractivity (Wildman–Crippen MR) is 104 cm³/mol. The maximum absolute atomic E-state index is 13.1. The van der Waals surface area contributed by atoms with E-state index in [0.717, 1.165) is 16.3 Å². The minimum absolute atomic E-state index is 0.125. The lowest BCUT2D eigenvalue weighted by atomic mass is 10.1. The first-order valence-electron chi connectivity index (χ1n) is 8.23. The van der Waals surface area contributed by atoms with Gasteiger partial charge in [0.25, 0.3) is 0 Å². The molecule has 0 radical (unpaired) electrons. The average molecular weight is 423 g/mol. The van der Waals surface area contributed by atoms with Gasteiger partial charge in [-0.15, -0.1) is 10.2 Å². The number of halogens is 3. The molecule has 1 aromatic heterocycles. The van der Waals surface area contributed by atoms with E-state index in [-0.39, 0.29) is 10.8 Å². The molecule has 0 aliphatic rings. The van der Waals surface area contributed by atoms with Gasteiger partial charge in [-0.1, -0.05) is 36.0 Å². The van der Waals surface area contributed by atoms with Crippen molar-refractivity contribution in [3.05, 3.63) is 70.0 Å². The normalized spacial score (nSPS) is 11.3. The number of nitrogens with zero attached hydrogens (tertiary/aromatic N) is 3. The Labute approximate surface area is 167 Å². The van der Waals surface area contributed by atoms with Crippen molar-refractivity contribution in [3.8, 4) is 5.75 Å². The fraction of sp³-hybridized carbons (Fsp3) is 0.167. The first-order chi connectivity index (χ1) is 13.8. The molecule has 0 bridgehead atoms. The van der Waals surface area contributed by atoms with Crippen molar-refractivity contribution in [2.24, 2.45) is 0 Å². The molecule has 7 nitrogen and oxygen atoms in total. The second kappa shape index (κ2) is 8.43. The SMILES string of the molecule is COc1ccc(CSc2nnc(Nc3ccccc3C(F)(F)F)c(=O)n2N)cc1. The molecular formula is C18H16F3N5O2S. The van der Waals surface area contributed by atoms with Crippen molar-refractivity contribution < 1.29 is 17.9 Å². The summed E-state index contributed by atoms with van der Waals surface area (Å²) in [5.74, 6) is 6.53. The summed E-state index contributed by atoms with van der Waals surface area (Å²) < 4.78 is 45.2. The lowest BCUT2D eigenvalue weighted by Gasteiger charge is -2.14. The maximum atomic E-state index is 13.1. The standard InChI is InChI=1S/C18H16F3N5O2S/c1-28-12-8-6-11(7-9-12)10-29-17-25-24-15(16(27)26(17)22)23-14-5-3-2-4-13(14)18(19,20)21/h2-9H,10,22H2,1H3,(H,23,24). The lowest BCUT2D eigenvalue weighted by Crippen LogP contribution is -2.32. The van der Waals surface area contributed by atoms with Crippen LogP contribution in [0.4, 0.5) is 24.7 Å². The van der Waals surface area contributed by atoms with Crippen molar-refractivity contribution >= 4 is 23.3 Å². The number of hydrogen-bond donors (Lipinski definition) is 2. The number of nitrogens with one attached hydrogen (secondary N) is 1. The minimum Gasteiger partial charge on any atom is -0.497 e. The number of benzene rings is 2. The quantitative estimate of drug-likeness (QED) is 0.463. The monoisotopic (exact) mass is 423 g/mol. The fourth-order valence-corrected chi connectivity index (χ4v) is 3.21. The van der Waals surface area contributed by atoms with E-state index in [0.29, 0.717) is 11.5 Å². The van der Waals surface area contributed by atoms with E-state index in [2.05, 4.69) is 15.5 Å². The van der Waals surface area contributed by atoms with Gasteiger partial charge in [0, 0.05) is 5.75 Å². The minimum atomic E-state index is -4.59. The topological polar surface area (TPSA) is 95.1 Å². The van der Waals surface area contributed by atoms with Crippen LogP contribution >= 0.6 is 11.8 Å². The molecule has 2 aromatic carbocycles. The third kappa shape index (κ3) is 4.80. The highest BCUT2D eigenvalue weighted by molar-refractivity contribution is 7.98. The number of alkyl halides is 3. The summed E-state index contributed by atoms with van der Waals surface area (Å²) in [6.07, 6.45) is -4.59. The summed E-state index contributed by atoms with van der Waals surface area (Å²) in [5, 5.41) is 10.1. The van der Waals surface area contributed by atoms with E-state index < -0.39 is 23.1 Å². The van der Waals surface area contributed by atoms with Crippen LogP contribution in [0, 0.1) is 0 Å². The van der Waals surface area contributed by atoms with E-state index in [4.69, 9.17) is 10.6 Å². The highest BCUT2D eigenvalue weighted by Gasteiger charge is 2.33. The average Bonchev–Trinajstić information content (AvgIpc) is 2.71. The lowest BCUT2D eigenvalue weighted by molar-refractivity contribution is -0.136. The molecule has 0 unspecified atom stereocenters. The number of methoxy groups -OCH3 is 1. The summed E-state index contributed by atoms with van der Waals surface area (Å²) in [4.78, 5) is 12.4. The van der Waals surface area contributed by atoms with E-state index in [1.165, 1.54) is 30.0 Å². The van der Waals surface area contributed by atoms with E-state index >= 15 is 0 Å². The number of nitrogens with two attached hydrogens (primary N) is 1.